The van der Waals surface area contributed by atoms with E-state index in [4.69, 9.17) is 16.3 Å². The Bertz CT molecular complexity index is 618. The number of guanidine groups is 2. The van der Waals surface area contributed by atoms with Crippen LogP contribution in [0.15, 0.2) is 33.1 Å². The highest BCUT2D eigenvalue weighted by Gasteiger charge is 2.33. The van der Waals surface area contributed by atoms with Gasteiger partial charge in [-0.3, -0.25) is 4.84 Å². The number of aliphatic imine (C=N–C) groups is 2. The number of hydroxylamine groups is 2. The first-order chi connectivity index (χ1) is 10.3. The molecular formula is C15H24ClN5OS. The fourth-order valence-corrected chi connectivity index (χ4v) is 3.05. The third-order valence-corrected chi connectivity index (χ3v) is 4.19. The molecule has 0 radical (unpaired) electrons. The number of halogens is 1. The Balaban J connectivity index is 0.00000264. The van der Waals surface area contributed by atoms with Gasteiger partial charge in [0.05, 0.1) is 0 Å². The minimum Gasteiger partial charge on any atom is -0.368 e. The van der Waals surface area contributed by atoms with Gasteiger partial charge in [0.1, 0.15) is 6.61 Å². The molecule has 1 aromatic carbocycles. The van der Waals surface area contributed by atoms with Crippen LogP contribution in [0.25, 0.3) is 0 Å². The number of thioether (sulfide) groups is 1. The maximum absolute atomic E-state index is 5.92. The standard InChI is InChI=1S/C15H23N5OS.ClH/c1-5-22-12-7-6-10(2)8-11(12)9-21-20-14(17)18-13(16)19-15(20,3)4;/h6-8H,5,9H2,1-4H3,(H4,16,17,18,19);1H. The Morgan fingerprint density at radius 3 is 2.61 bits per heavy atom. The minimum absolute atomic E-state index is 0. The molecule has 0 unspecified atom stereocenters. The van der Waals surface area contributed by atoms with Gasteiger partial charge in [0, 0.05) is 4.90 Å². The second-order valence-electron chi connectivity index (χ2n) is 5.55. The number of rotatable bonds is 5. The monoisotopic (exact) mass is 357 g/mol. The molecule has 6 nitrogen and oxygen atoms in total. The predicted molar refractivity (Wildman–Crippen MR) is 98.8 cm³/mol. The zero-order valence-electron chi connectivity index (χ0n) is 13.9. The van der Waals surface area contributed by atoms with Gasteiger partial charge in [0.25, 0.3) is 0 Å². The predicted octanol–water partition coefficient (Wildman–Crippen LogP) is 2.64. The number of aryl methyl sites for hydroxylation is 1. The summed E-state index contributed by atoms with van der Waals surface area (Å²) in [6.07, 6.45) is 0. The lowest BCUT2D eigenvalue weighted by molar-refractivity contribution is -0.167. The normalized spacial score (nSPS) is 16.4. The van der Waals surface area contributed by atoms with E-state index >= 15 is 0 Å². The lowest BCUT2D eigenvalue weighted by Crippen LogP contribution is -2.53. The van der Waals surface area contributed by atoms with Crippen LogP contribution in [-0.4, -0.2) is 28.4 Å². The first-order valence-corrected chi connectivity index (χ1v) is 8.17. The molecule has 1 aliphatic heterocycles. The van der Waals surface area contributed by atoms with Crippen molar-refractivity contribution in [2.24, 2.45) is 21.5 Å². The summed E-state index contributed by atoms with van der Waals surface area (Å²) >= 11 is 1.79. The van der Waals surface area contributed by atoms with Crippen LogP contribution in [0.1, 0.15) is 31.9 Å². The van der Waals surface area contributed by atoms with E-state index in [2.05, 4.69) is 42.0 Å². The molecule has 2 rings (SSSR count). The van der Waals surface area contributed by atoms with Crippen molar-refractivity contribution < 1.29 is 4.84 Å². The van der Waals surface area contributed by atoms with Crippen LogP contribution >= 0.6 is 24.2 Å². The van der Waals surface area contributed by atoms with E-state index in [1.807, 2.05) is 13.8 Å². The molecule has 128 valence electrons. The van der Waals surface area contributed by atoms with Crippen LogP contribution in [0, 0.1) is 6.92 Å². The van der Waals surface area contributed by atoms with Crippen LogP contribution in [0.3, 0.4) is 0 Å². The summed E-state index contributed by atoms with van der Waals surface area (Å²) in [5.41, 5.74) is 13.2. The van der Waals surface area contributed by atoms with E-state index in [1.54, 1.807) is 11.8 Å². The van der Waals surface area contributed by atoms with Gasteiger partial charge < -0.3 is 11.5 Å². The molecule has 0 bridgehead atoms. The Hall–Kier alpha value is -1.44. The lowest BCUT2D eigenvalue weighted by atomic mass is 10.1. The Kier molecular flexibility index (Phi) is 6.73. The van der Waals surface area contributed by atoms with Crippen LogP contribution in [0.5, 0.6) is 0 Å². The van der Waals surface area contributed by atoms with Gasteiger partial charge in [0.2, 0.25) is 11.9 Å². The number of nitrogens with zero attached hydrogens (tertiary/aromatic N) is 3. The van der Waals surface area contributed by atoms with Crippen molar-refractivity contribution in [1.29, 1.82) is 0 Å². The number of benzene rings is 1. The smallest absolute Gasteiger partial charge is 0.226 e. The molecule has 1 aliphatic rings. The van der Waals surface area contributed by atoms with Crippen LogP contribution < -0.4 is 11.5 Å². The zero-order valence-corrected chi connectivity index (χ0v) is 15.5. The molecule has 1 aromatic rings. The van der Waals surface area contributed by atoms with Crippen molar-refractivity contribution in [2.75, 3.05) is 5.75 Å². The summed E-state index contributed by atoms with van der Waals surface area (Å²) in [7, 11) is 0. The van der Waals surface area contributed by atoms with Crippen LogP contribution in [0.4, 0.5) is 0 Å². The van der Waals surface area contributed by atoms with Crippen LogP contribution in [-0.2, 0) is 11.4 Å². The van der Waals surface area contributed by atoms with E-state index < -0.39 is 5.66 Å². The van der Waals surface area contributed by atoms with Crippen molar-refractivity contribution in [1.82, 2.24) is 5.06 Å². The number of nitrogens with two attached hydrogens (primary N) is 2. The molecule has 0 atom stereocenters. The molecule has 1 heterocycles. The summed E-state index contributed by atoms with van der Waals surface area (Å²) in [4.78, 5) is 15.3. The third-order valence-electron chi connectivity index (χ3n) is 3.19. The third kappa shape index (κ3) is 4.76. The zero-order chi connectivity index (χ0) is 16.3. The molecule has 0 aromatic heterocycles. The molecule has 0 spiro atoms. The Labute approximate surface area is 147 Å². The van der Waals surface area contributed by atoms with E-state index in [0.717, 1.165) is 11.3 Å². The highest BCUT2D eigenvalue weighted by Crippen LogP contribution is 2.26. The average molecular weight is 358 g/mol. The largest absolute Gasteiger partial charge is 0.368 e. The highest BCUT2D eigenvalue weighted by atomic mass is 35.5. The lowest BCUT2D eigenvalue weighted by Gasteiger charge is -2.36. The molecule has 0 saturated heterocycles. The summed E-state index contributed by atoms with van der Waals surface area (Å²) < 4.78 is 0. The SMILES string of the molecule is CCSc1ccc(C)cc1CON1C(N)=NC(N)=NC1(C)C.Cl. The molecule has 0 fully saturated rings. The molecule has 4 N–H and O–H groups in total. The molecular weight excluding hydrogens is 334 g/mol. The second-order valence-corrected chi connectivity index (χ2v) is 6.85. The highest BCUT2D eigenvalue weighted by molar-refractivity contribution is 7.99. The fraction of sp³-hybridized carbons (Fsp3) is 0.467. The summed E-state index contributed by atoms with van der Waals surface area (Å²) in [5, 5.41) is 1.51. The molecule has 0 amide bonds. The van der Waals surface area contributed by atoms with E-state index in [-0.39, 0.29) is 24.3 Å². The van der Waals surface area contributed by atoms with E-state index in [9.17, 15) is 0 Å². The molecule has 0 aliphatic carbocycles. The quantitative estimate of drug-likeness (QED) is 0.791. The number of hydrogen-bond donors (Lipinski definition) is 2. The fourth-order valence-electron chi connectivity index (χ4n) is 2.27. The van der Waals surface area contributed by atoms with Crippen molar-refractivity contribution >= 4 is 36.1 Å². The van der Waals surface area contributed by atoms with Crippen LogP contribution in [0.2, 0.25) is 0 Å². The topological polar surface area (TPSA) is 89.2 Å². The minimum atomic E-state index is -0.683. The average Bonchev–Trinajstić information content (AvgIpc) is 2.39. The van der Waals surface area contributed by atoms with Gasteiger partial charge in [-0.15, -0.1) is 24.2 Å². The van der Waals surface area contributed by atoms with Gasteiger partial charge in [-0.2, -0.15) is 10.1 Å². The summed E-state index contributed by atoms with van der Waals surface area (Å²) in [5.74, 6) is 1.39. The van der Waals surface area contributed by atoms with Crippen molar-refractivity contribution in [2.45, 2.75) is 44.9 Å². The number of hydrogen-bond acceptors (Lipinski definition) is 7. The van der Waals surface area contributed by atoms with Gasteiger partial charge in [-0.1, -0.05) is 24.6 Å². The molecule has 23 heavy (non-hydrogen) atoms. The van der Waals surface area contributed by atoms with Gasteiger partial charge in [-0.05, 0) is 38.2 Å². The summed E-state index contributed by atoms with van der Waals surface area (Å²) in [6.45, 7) is 8.35. The Morgan fingerprint density at radius 2 is 2.00 bits per heavy atom. The maximum atomic E-state index is 5.92. The first-order valence-electron chi connectivity index (χ1n) is 7.18. The second kappa shape index (κ2) is 7.90. The summed E-state index contributed by atoms with van der Waals surface area (Å²) in [6, 6.07) is 6.35. The van der Waals surface area contributed by atoms with E-state index in [1.165, 1.54) is 15.5 Å². The molecule has 0 saturated carbocycles. The van der Waals surface area contributed by atoms with Gasteiger partial charge in [-0.25, -0.2) is 4.99 Å². The maximum Gasteiger partial charge on any atom is 0.226 e. The van der Waals surface area contributed by atoms with Crippen molar-refractivity contribution in [3.63, 3.8) is 0 Å². The first kappa shape index (κ1) is 19.6. The molecule has 8 heteroatoms. The van der Waals surface area contributed by atoms with Crippen molar-refractivity contribution in [3.8, 4) is 0 Å². The van der Waals surface area contributed by atoms with Crippen molar-refractivity contribution in [3.05, 3.63) is 29.3 Å². The van der Waals surface area contributed by atoms with Gasteiger partial charge in [0.15, 0.2) is 5.66 Å². The van der Waals surface area contributed by atoms with Gasteiger partial charge >= 0.3 is 0 Å². The van der Waals surface area contributed by atoms with E-state index in [0.29, 0.717) is 6.61 Å². The Morgan fingerprint density at radius 1 is 1.30 bits per heavy atom.